The van der Waals surface area contributed by atoms with Gasteiger partial charge in [0.25, 0.3) is 0 Å². The van der Waals surface area contributed by atoms with Crippen LogP contribution in [0.25, 0.3) is 0 Å². The van der Waals surface area contributed by atoms with E-state index in [1.54, 1.807) is 19.2 Å². The Morgan fingerprint density at radius 2 is 1.82 bits per heavy atom. The number of phenolic OH excluding ortho intramolecular Hbond substituents is 1. The molecule has 0 aliphatic heterocycles. The molecule has 1 atom stereocenters. The summed E-state index contributed by atoms with van der Waals surface area (Å²) in [4.78, 5) is 34.5. The molecule has 0 saturated carbocycles. The lowest BCUT2D eigenvalue weighted by Crippen LogP contribution is -2.49. The van der Waals surface area contributed by atoms with E-state index in [-0.39, 0.29) is 18.8 Å². The number of nitrogens with one attached hydrogen (secondary N) is 3. The van der Waals surface area contributed by atoms with Crippen molar-refractivity contribution in [3.63, 3.8) is 0 Å². The molecule has 8 nitrogen and oxygen atoms in total. The number of benzene rings is 1. The van der Waals surface area contributed by atoms with Crippen molar-refractivity contribution in [2.24, 2.45) is 5.73 Å². The molecular formula is C14H20N4O4. The number of carbonyl (C=O) groups excluding carboxylic acids is 3. The molecule has 8 heteroatoms. The number of imide groups is 1. The first kappa shape index (κ1) is 17.6. The lowest BCUT2D eigenvalue weighted by Gasteiger charge is -2.15. The summed E-state index contributed by atoms with van der Waals surface area (Å²) in [6, 6.07) is 5.81. The van der Waals surface area contributed by atoms with Gasteiger partial charge < -0.3 is 21.5 Å². The Bertz CT molecular complexity index is 530. The zero-order chi connectivity index (χ0) is 16.5. The number of hydrogen-bond acceptors (Lipinski definition) is 6. The maximum atomic E-state index is 12.0. The van der Waals surface area contributed by atoms with Crippen molar-refractivity contribution in [3.8, 4) is 5.75 Å². The lowest BCUT2D eigenvalue weighted by molar-refractivity contribution is -0.132. The predicted octanol–water partition coefficient (Wildman–Crippen LogP) is -1.76. The zero-order valence-corrected chi connectivity index (χ0v) is 12.3. The number of nitrogens with two attached hydrogens (primary N) is 1. The maximum absolute atomic E-state index is 12.0. The van der Waals surface area contributed by atoms with Crippen molar-refractivity contribution in [2.45, 2.75) is 12.5 Å². The van der Waals surface area contributed by atoms with Gasteiger partial charge in [-0.05, 0) is 31.2 Å². The van der Waals surface area contributed by atoms with E-state index in [1.165, 1.54) is 12.1 Å². The fourth-order valence-corrected chi connectivity index (χ4v) is 1.71. The number of hydrogen-bond donors (Lipinski definition) is 5. The molecule has 0 heterocycles. The average molecular weight is 308 g/mol. The van der Waals surface area contributed by atoms with Crippen LogP contribution in [0.15, 0.2) is 24.3 Å². The van der Waals surface area contributed by atoms with Crippen molar-refractivity contribution in [1.82, 2.24) is 16.0 Å². The summed E-state index contributed by atoms with van der Waals surface area (Å²) in [6.07, 6.45) is 0.352. The second-order valence-electron chi connectivity index (χ2n) is 4.61. The second kappa shape index (κ2) is 8.75. The molecule has 1 aromatic carbocycles. The minimum Gasteiger partial charge on any atom is -0.508 e. The SMILES string of the molecule is CN[C@@H](Cc1ccc(O)cc1)C(=O)NC(=O)CNC(=O)CN. The highest BCUT2D eigenvalue weighted by Gasteiger charge is 2.19. The molecule has 0 saturated heterocycles. The third-order valence-corrected chi connectivity index (χ3v) is 2.94. The van der Waals surface area contributed by atoms with Crippen LogP contribution in [0.1, 0.15) is 5.56 Å². The summed E-state index contributed by atoms with van der Waals surface area (Å²) in [5.74, 6) is -1.45. The largest absolute Gasteiger partial charge is 0.508 e. The fraction of sp³-hybridized carbons (Fsp3) is 0.357. The molecular weight excluding hydrogens is 288 g/mol. The van der Waals surface area contributed by atoms with Gasteiger partial charge in [-0.3, -0.25) is 19.7 Å². The van der Waals surface area contributed by atoms with Gasteiger partial charge in [0.2, 0.25) is 17.7 Å². The minimum atomic E-state index is -0.613. The van der Waals surface area contributed by atoms with Crippen LogP contribution in [-0.4, -0.2) is 49.0 Å². The van der Waals surface area contributed by atoms with Gasteiger partial charge >= 0.3 is 0 Å². The van der Waals surface area contributed by atoms with Crippen LogP contribution in [0.4, 0.5) is 0 Å². The van der Waals surface area contributed by atoms with Crippen LogP contribution in [0.2, 0.25) is 0 Å². The summed E-state index contributed by atoms with van der Waals surface area (Å²) >= 11 is 0. The Balaban J connectivity index is 2.51. The quantitative estimate of drug-likeness (QED) is 0.405. The van der Waals surface area contributed by atoms with E-state index < -0.39 is 23.8 Å². The van der Waals surface area contributed by atoms with E-state index in [1.807, 2.05) is 0 Å². The topological polar surface area (TPSA) is 134 Å². The molecule has 0 aliphatic carbocycles. The second-order valence-corrected chi connectivity index (χ2v) is 4.61. The Labute approximate surface area is 128 Å². The van der Waals surface area contributed by atoms with Gasteiger partial charge in [0, 0.05) is 0 Å². The van der Waals surface area contributed by atoms with E-state index >= 15 is 0 Å². The molecule has 22 heavy (non-hydrogen) atoms. The summed E-state index contributed by atoms with van der Waals surface area (Å²) in [5.41, 5.74) is 5.92. The van der Waals surface area contributed by atoms with Gasteiger partial charge in [0.05, 0.1) is 19.1 Å². The molecule has 0 spiro atoms. The monoisotopic (exact) mass is 308 g/mol. The highest BCUT2D eigenvalue weighted by molar-refractivity contribution is 5.99. The highest BCUT2D eigenvalue weighted by atomic mass is 16.3. The molecule has 0 fully saturated rings. The summed E-state index contributed by atoms with van der Waals surface area (Å²) in [7, 11) is 1.60. The van der Waals surface area contributed by atoms with Crippen LogP contribution >= 0.6 is 0 Å². The Kier molecular flexibility index (Phi) is 7.00. The van der Waals surface area contributed by atoms with Crippen molar-refractivity contribution in [2.75, 3.05) is 20.1 Å². The fourth-order valence-electron chi connectivity index (χ4n) is 1.71. The molecule has 0 bridgehead atoms. The maximum Gasteiger partial charge on any atom is 0.245 e. The van der Waals surface area contributed by atoms with Gasteiger partial charge in [0.1, 0.15) is 5.75 Å². The average Bonchev–Trinajstić information content (AvgIpc) is 2.51. The third kappa shape index (κ3) is 5.90. The molecule has 3 amide bonds. The molecule has 1 rings (SSSR count). The molecule has 0 aromatic heterocycles. The summed E-state index contributed by atoms with van der Waals surface area (Å²) in [6.45, 7) is -0.529. The van der Waals surface area contributed by atoms with E-state index in [2.05, 4.69) is 16.0 Å². The number of amides is 3. The highest BCUT2D eigenvalue weighted by Crippen LogP contribution is 2.11. The zero-order valence-electron chi connectivity index (χ0n) is 12.3. The number of carbonyl (C=O) groups is 3. The van der Waals surface area contributed by atoms with E-state index in [0.717, 1.165) is 5.56 Å². The standard InChI is InChI=1S/C14H20N4O4/c1-16-11(6-9-2-4-10(19)5-3-9)14(22)18-13(21)8-17-12(20)7-15/h2-5,11,16,19H,6-8,15H2,1H3,(H,17,20)(H,18,21,22)/t11-/m0/s1. The third-order valence-electron chi connectivity index (χ3n) is 2.94. The van der Waals surface area contributed by atoms with Gasteiger partial charge in [0.15, 0.2) is 0 Å². The van der Waals surface area contributed by atoms with Crippen LogP contribution in [0.5, 0.6) is 5.75 Å². The van der Waals surface area contributed by atoms with E-state index in [4.69, 9.17) is 5.73 Å². The Hall–Kier alpha value is -2.45. The van der Waals surface area contributed by atoms with E-state index in [9.17, 15) is 19.5 Å². The molecule has 0 aliphatic rings. The number of phenols is 1. The molecule has 0 radical (unpaired) electrons. The molecule has 1 aromatic rings. The van der Waals surface area contributed by atoms with E-state index in [0.29, 0.717) is 6.42 Å². The van der Waals surface area contributed by atoms with Gasteiger partial charge in [-0.1, -0.05) is 12.1 Å². The number of likely N-dealkylation sites (N-methyl/N-ethyl adjacent to an activating group) is 1. The Morgan fingerprint density at radius 3 is 2.36 bits per heavy atom. The number of aromatic hydroxyl groups is 1. The Morgan fingerprint density at radius 1 is 1.18 bits per heavy atom. The van der Waals surface area contributed by atoms with Crippen molar-refractivity contribution >= 4 is 17.7 Å². The van der Waals surface area contributed by atoms with Crippen LogP contribution in [-0.2, 0) is 20.8 Å². The molecule has 120 valence electrons. The summed E-state index contributed by atoms with van der Waals surface area (Å²) < 4.78 is 0. The normalized spacial score (nSPS) is 11.5. The van der Waals surface area contributed by atoms with Crippen molar-refractivity contribution in [1.29, 1.82) is 0 Å². The lowest BCUT2D eigenvalue weighted by atomic mass is 10.1. The predicted molar refractivity (Wildman–Crippen MR) is 79.9 cm³/mol. The first-order chi connectivity index (χ1) is 10.5. The van der Waals surface area contributed by atoms with Gasteiger partial charge in [-0.25, -0.2) is 0 Å². The van der Waals surface area contributed by atoms with Crippen molar-refractivity contribution in [3.05, 3.63) is 29.8 Å². The van der Waals surface area contributed by atoms with Crippen LogP contribution in [0, 0.1) is 0 Å². The minimum absolute atomic E-state index is 0.139. The van der Waals surface area contributed by atoms with Crippen LogP contribution in [0.3, 0.4) is 0 Å². The molecule has 0 unspecified atom stereocenters. The molecule has 6 N–H and O–H groups in total. The first-order valence-corrected chi connectivity index (χ1v) is 6.72. The summed E-state index contributed by atoms with van der Waals surface area (Å²) in [5, 5.41) is 16.5. The smallest absolute Gasteiger partial charge is 0.245 e. The van der Waals surface area contributed by atoms with Crippen LogP contribution < -0.4 is 21.7 Å². The first-order valence-electron chi connectivity index (χ1n) is 6.72. The van der Waals surface area contributed by atoms with Gasteiger partial charge in [-0.15, -0.1) is 0 Å². The van der Waals surface area contributed by atoms with Crippen molar-refractivity contribution < 1.29 is 19.5 Å². The number of rotatable bonds is 7. The van der Waals surface area contributed by atoms with Gasteiger partial charge in [-0.2, -0.15) is 0 Å².